The highest BCUT2D eigenvalue weighted by atomic mass is 19.1. The molecule has 4 heteroatoms. The van der Waals surface area contributed by atoms with E-state index in [2.05, 4.69) is 4.98 Å². The van der Waals surface area contributed by atoms with Crippen molar-refractivity contribution in [2.24, 2.45) is 0 Å². The SMILES string of the molecule is CC1(c2ccc(F)cn2)CC(O)CCO1. The van der Waals surface area contributed by atoms with E-state index in [1.54, 1.807) is 6.07 Å². The minimum absolute atomic E-state index is 0.362. The van der Waals surface area contributed by atoms with Crippen LogP contribution in [0.4, 0.5) is 4.39 Å². The van der Waals surface area contributed by atoms with Crippen molar-refractivity contribution in [3.05, 3.63) is 29.8 Å². The fourth-order valence-corrected chi connectivity index (χ4v) is 1.90. The highest BCUT2D eigenvalue weighted by Gasteiger charge is 2.35. The second kappa shape index (κ2) is 3.87. The third-order valence-corrected chi connectivity index (χ3v) is 2.77. The van der Waals surface area contributed by atoms with Gasteiger partial charge in [-0.15, -0.1) is 0 Å². The van der Waals surface area contributed by atoms with Crippen molar-refractivity contribution >= 4 is 0 Å². The van der Waals surface area contributed by atoms with Gasteiger partial charge in [0.1, 0.15) is 11.4 Å². The second-order valence-corrected chi connectivity index (χ2v) is 4.09. The maximum atomic E-state index is 12.7. The predicted molar refractivity (Wildman–Crippen MR) is 52.7 cm³/mol. The van der Waals surface area contributed by atoms with Crippen LogP contribution < -0.4 is 0 Å². The number of aliphatic hydroxyl groups is 1. The van der Waals surface area contributed by atoms with Crippen molar-refractivity contribution in [1.82, 2.24) is 4.98 Å². The van der Waals surface area contributed by atoms with Gasteiger partial charge in [-0.2, -0.15) is 0 Å². The fourth-order valence-electron chi connectivity index (χ4n) is 1.90. The number of nitrogens with zero attached hydrogens (tertiary/aromatic N) is 1. The lowest BCUT2D eigenvalue weighted by Gasteiger charge is -2.35. The van der Waals surface area contributed by atoms with Crippen LogP contribution in [0.1, 0.15) is 25.5 Å². The molecule has 0 aliphatic carbocycles. The average Bonchev–Trinajstić information content (AvgIpc) is 2.18. The number of hydrogen-bond acceptors (Lipinski definition) is 3. The van der Waals surface area contributed by atoms with Crippen LogP contribution in [0.15, 0.2) is 18.3 Å². The number of aliphatic hydroxyl groups excluding tert-OH is 1. The Morgan fingerprint density at radius 1 is 1.60 bits per heavy atom. The topological polar surface area (TPSA) is 42.4 Å². The van der Waals surface area contributed by atoms with Gasteiger partial charge in [-0.1, -0.05) is 0 Å². The number of rotatable bonds is 1. The largest absolute Gasteiger partial charge is 0.393 e. The molecule has 0 aromatic carbocycles. The third-order valence-electron chi connectivity index (χ3n) is 2.77. The first kappa shape index (κ1) is 10.5. The molecule has 2 rings (SSSR count). The molecule has 82 valence electrons. The minimum atomic E-state index is -0.592. The van der Waals surface area contributed by atoms with E-state index in [1.807, 2.05) is 6.92 Å². The third kappa shape index (κ3) is 2.16. The molecule has 1 aliphatic rings. The van der Waals surface area contributed by atoms with Crippen LogP contribution in [0, 0.1) is 5.82 Å². The zero-order chi connectivity index (χ0) is 10.9. The molecule has 1 N–H and O–H groups in total. The molecule has 0 saturated carbocycles. The highest BCUT2D eigenvalue weighted by molar-refractivity contribution is 5.14. The van der Waals surface area contributed by atoms with Gasteiger partial charge in [0.2, 0.25) is 0 Å². The minimum Gasteiger partial charge on any atom is -0.393 e. The standard InChI is InChI=1S/C11H14FNO2/c1-11(6-9(14)4-5-15-11)10-3-2-8(12)7-13-10/h2-3,7,9,14H,4-6H2,1H3. The Labute approximate surface area is 87.9 Å². The first-order chi connectivity index (χ1) is 7.10. The number of ether oxygens (including phenoxy) is 1. The van der Waals surface area contributed by atoms with Gasteiger partial charge in [-0.05, 0) is 25.5 Å². The van der Waals surface area contributed by atoms with Crippen molar-refractivity contribution < 1.29 is 14.2 Å². The summed E-state index contributed by atoms with van der Waals surface area (Å²) in [5, 5.41) is 9.58. The summed E-state index contributed by atoms with van der Waals surface area (Å²) in [6, 6.07) is 2.96. The summed E-state index contributed by atoms with van der Waals surface area (Å²) >= 11 is 0. The predicted octanol–water partition coefficient (Wildman–Crippen LogP) is 1.61. The van der Waals surface area contributed by atoms with Crippen LogP contribution in [0.2, 0.25) is 0 Å². The van der Waals surface area contributed by atoms with Crippen molar-refractivity contribution in [3.8, 4) is 0 Å². The summed E-state index contributed by atoms with van der Waals surface area (Å²) in [5.41, 5.74) is 0.0772. The van der Waals surface area contributed by atoms with E-state index >= 15 is 0 Å². The van der Waals surface area contributed by atoms with Crippen molar-refractivity contribution in [1.29, 1.82) is 0 Å². The fraction of sp³-hybridized carbons (Fsp3) is 0.545. The maximum Gasteiger partial charge on any atom is 0.141 e. The number of aromatic nitrogens is 1. The van der Waals surface area contributed by atoms with E-state index in [9.17, 15) is 9.50 Å². The van der Waals surface area contributed by atoms with Gasteiger partial charge in [0, 0.05) is 6.42 Å². The highest BCUT2D eigenvalue weighted by Crippen LogP contribution is 2.33. The van der Waals surface area contributed by atoms with E-state index in [0.717, 1.165) is 0 Å². The summed E-state index contributed by atoms with van der Waals surface area (Å²) in [7, 11) is 0. The molecule has 2 unspecified atom stereocenters. The van der Waals surface area contributed by atoms with Gasteiger partial charge in [0.05, 0.1) is 24.6 Å². The Morgan fingerprint density at radius 3 is 3.00 bits per heavy atom. The molecule has 1 aliphatic heterocycles. The quantitative estimate of drug-likeness (QED) is 0.767. The molecule has 2 atom stereocenters. The molecule has 1 fully saturated rings. The molecule has 15 heavy (non-hydrogen) atoms. The van der Waals surface area contributed by atoms with Crippen molar-refractivity contribution in [2.75, 3.05) is 6.61 Å². The normalized spacial score (nSPS) is 31.5. The summed E-state index contributed by atoms with van der Waals surface area (Å²) in [4.78, 5) is 4.00. The molecule has 0 radical (unpaired) electrons. The smallest absolute Gasteiger partial charge is 0.141 e. The average molecular weight is 211 g/mol. The lowest BCUT2D eigenvalue weighted by Crippen LogP contribution is -2.37. The molecule has 2 heterocycles. The second-order valence-electron chi connectivity index (χ2n) is 4.09. The molecule has 3 nitrogen and oxygen atoms in total. The summed E-state index contributed by atoms with van der Waals surface area (Å²) in [5.74, 6) is -0.362. The molecular formula is C11H14FNO2. The van der Waals surface area contributed by atoms with E-state index in [4.69, 9.17) is 4.74 Å². The van der Waals surface area contributed by atoms with Gasteiger partial charge in [-0.3, -0.25) is 4.98 Å². The first-order valence-corrected chi connectivity index (χ1v) is 5.04. The van der Waals surface area contributed by atoms with Crippen molar-refractivity contribution in [2.45, 2.75) is 31.5 Å². The molecular weight excluding hydrogens is 197 g/mol. The van der Waals surface area contributed by atoms with Crippen LogP contribution in [-0.2, 0) is 10.3 Å². The molecule has 0 bridgehead atoms. The molecule has 0 spiro atoms. The Balaban J connectivity index is 2.24. The van der Waals surface area contributed by atoms with E-state index in [0.29, 0.717) is 25.1 Å². The van der Waals surface area contributed by atoms with E-state index < -0.39 is 5.60 Å². The van der Waals surface area contributed by atoms with Gasteiger partial charge >= 0.3 is 0 Å². The van der Waals surface area contributed by atoms with E-state index in [-0.39, 0.29) is 11.9 Å². The van der Waals surface area contributed by atoms with Gasteiger partial charge < -0.3 is 9.84 Å². The number of hydrogen-bond donors (Lipinski definition) is 1. The van der Waals surface area contributed by atoms with Gasteiger partial charge in [-0.25, -0.2) is 4.39 Å². The zero-order valence-electron chi connectivity index (χ0n) is 8.61. The van der Waals surface area contributed by atoms with E-state index in [1.165, 1.54) is 12.3 Å². The Morgan fingerprint density at radius 2 is 2.40 bits per heavy atom. The van der Waals surface area contributed by atoms with Crippen LogP contribution in [0.5, 0.6) is 0 Å². The maximum absolute atomic E-state index is 12.7. The van der Waals surface area contributed by atoms with Gasteiger partial charge in [0.15, 0.2) is 0 Å². The van der Waals surface area contributed by atoms with Gasteiger partial charge in [0.25, 0.3) is 0 Å². The lowest BCUT2D eigenvalue weighted by molar-refractivity contribution is -0.115. The molecule has 1 saturated heterocycles. The van der Waals surface area contributed by atoms with Crippen molar-refractivity contribution in [3.63, 3.8) is 0 Å². The van der Waals surface area contributed by atoms with Crippen LogP contribution in [0.3, 0.4) is 0 Å². The Bertz CT molecular complexity index is 341. The van der Waals surface area contributed by atoms with Crippen LogP contribution in [0.25, 0.3) is 0 Å². The number of pyridine rings is 1. The summed E-state index contributed by atoms with van der Waals surface area (Å²) in [6.07, 6.45) is 1.96. The zero-order valence-corrected chi connectivity index (χ0v) is 8.61. The summed E-state index contributed by atoms with van der Waals surface area (Å²) in [6.45, 7) is 2.38. The first-order valence-electron chi connectivity index (χ1n) is 5.04. The Kier molecular flexibility index (Phi) is 2.71. The lowest BCUT2D eigenvalue weighted by atomic mass is 9.90. The Hall–Kier alpha value is -1.00. The number of halogens is 1. The molecule has 1 aromatic rings. The van der Waals surface area contributed by atoms with Crippen LogP contribution in [-0.4, -0.2) is 22.8 Å². The molecule has 0 amide bonds. The summed E-state index contributed by atoms with van der Waals surface area (Å²) < 4.78 is 18.3. The molecule has 1 aromatic heterocycles. The van der Waals surface area contributed by atoms with Crippen LogP contribution >= 0.6 is 0 Å². The monoisotopic (exact) mass is 211 g/mol.